The minimum atomic E-state index is -1.99. The van der Waals surface area contributed by atoms with Crippen LogP contribution in [0.4, 0.5) is 5.69 Å². The van der Waals surface area contributed by atoms with Gasteiger partial charge in [-0.15, -0.1) is 0 Å². The number of hydrogen-bond acceptors (Lipinski definition) is 3. The summed E-state index contributed by atoms with van der Waals surface area (Å²) in [7, 11) is 0. The van der Waals surface area contributed by atoms with Crippen molar-refractivity contribution in [3.8, 4) is 0 Å². The number of carbonyl (C=O) groups is 2. The number of carbonyl (C=O) groups excluding carboxylic acids is 2. The van der Waals surface area contributed by atoms with Gasteiger partial charge in [-0.25, -0.2) is 0 Å². The summed E-state index contributed by atoms with van der Waals surface area (Å²) >= 11 is 15.8. The highest BCUT2D eigenvalue weighted by Crippen LogP contribution is 2.45. The van der Waals surface area contributed by atoms with Crippen LogP contribution in [0.2, 0.25) is 10.0 Å². The predicted octanol–water partition coefficient (Wildman–Crippen LogP) is 7.06. The summed E-state index contributed by atoms with van der Waals surface area (Å²) in [5.41, 5.74) is 1.12. The van der Waals surface area contributed by atoms with E-state index in [0.717, 1.165) is 5.56 Å². The molecule has 1 aliphatic rings. The number of aliphatic hydroxyl groups is 1. The molecule has 3 aromatic rings. The highest BCUT2D eigenvalue weighted by molar-refractivity contribution is 9.10. The lowest BCUT2D eigenvalue weighted by molar-refractivity contribution is -0.136. The molecule has 1 N–H and O–H groups in total. The maximum Gasteiger partial charge on any atom is 0.264 e. The molecule has 7 heteroatoms. The van der Waals surface area contributed by atoms with Crippen LogP contribution in [0.25, 0.3) is 0 Å². The van der Waals surface area contributed by atoms with E-state index in [1.807, 2.05) is 12.1 Å². The third-order valence-electron chi connectivity index (χ3n) is 6.13. The van der Waals surface area contributed by atoms with Crippen molar-refractivity contribution in [2.45, 2.75) is 44.8 Å². The third-order valence-corrected chi connectivity index (χ3v) is 7.21. The van der Waals surface area contributed by atoms with Gasteiger partial charge >= 0.3 is 0 Å². The van der Waals surface area contributed by atoms with Crippen LogP contribution in [0.5, 0.6) is 0 Å². The summed E-state index contributed by atoms with van der Waals surface area (Å²) in [6.45, 7) is 6.43. The second-order valence-corrected chi connectivity index (χ2v) is 11.3. The number of ketones is 1. The van der Waals surface area contributed by atoms with E-state index in [1.165, 1.54) is 4.90 Å². The molecule has 1 amide bonds. The lowest BCUT2D eigenvalue weighted by Gasteiger charge is -2.23. The summed E-state index contributed by atoms with van der Waals surface area (Å²) in [6.07, 6.45) is -0.366. The van der Waals surface area contributed by atoms with Gasteiger partial charge in [0.2, 0.25) is 0 Å². The van der Waals surface area contributed by atoms with Crippen LogP contribution in [0.3, 0.4) is 0 Å². The highest BCUT2D eigenvalue weighted by atomic mass is 79.9. The van der Waals surface area contributed by atoms with E-state index in [1.54, 1.807) is 48.5 Å². The summed E-state index contributed by atoms with van der Waals surface area (Å²) < 4.78 is 0.700. The molecule has 0 spiro atoms. The zero-order chi connectivity index (χ0) is 24.8. The Morgan fingerprint density at radius 2 is 1.71 bits per heavy atom. The number of rotatable bonds is 5. The predicted molar refractivity (Wildman–Crippen MR) is 140 cm³/mol. The van der Waals surface area contributed by atoms with Crippen molar-refractivity contribution in [1.82, 2.24) is 0 Å². The molecule has 3 aromatic carbocycles. The number of Topliss-reactive ketones (excluding diaryl/α,β-unsaturated/α-hetero) is 1. The Balaban J connectivity index is 1.67. The van der Waals surface area contributed by atoms with Gasteiger partial charge in [-0.3, -0.25) is 9.59 Å². The second-order valence-electron chi connectivity index (χ2n) is 9.58. The van der Waals surface area contributed by atoms with Crippen molar-refractivity contribution >= 4 is 56.5 Å². The Morgan fingerprint density at radius 1 is 1.03 bits per heavy atom. The van der Waals surface area contributed by atoms with Crippen molar-refractivity contribution in [3.63, 3.8) is 0 Å². The molecule has 0 bridgehead atoms. The van der Waals surface area contributed by atoms with Crippen molar-refractivity contribution in [3.05, 3.63) is 97.4 Å². The molecular weight excluding hydrogens is 537 g/mol. The van der Waals surface area contributed by atoms with Crippen LogP contribution in [-0.4, -0.2) is 16.8 Å². The molecule has 4 rings (SSSR count). The first kappa shape index (κ1) is 24.9. The quantitative estimate of drug-likeness (QED) is 0.340. The summed E-state index contributed by atoms with van der Waals surface area (Å²) in [6, 6.07) is 17.6. The number of amides is 1. The first-order chi connectivity index (χ1) is 15.9. The number of halogens is 3. The first-order valence-electron chi connectivity index (χ1n) is 10.8. The molecular formula is C27H24BrCl2NO3. The Kier molecular flexibility index (Phi) is 6.69. The smallest absolute Gasteiger partial charge is 0.264 e. The molecule has 34 heavy (non-hydrogen) atoms. The van der Waals surface area contributed by atoms with E-state index in [0.29, 0.717) is 36.9 Å². The zero-order valence-corrected chi connectivity index (χ0v) is 22.1. The van der Waals surface area contributed by atoms with E-state index in [2.05, 4.69) is 36.7 Å². The molecule has 1 atom stereocenters. The molecule has 4 nitrogen and oxygen atoms in total. The van der Waals surface area contributed by atoms with Crippen molar-refractivity contribution in [1.29, 1.82) is 0 Å². The number of nitrogens with zero attached hydrogens (tertiary/aromatic N) is 1. The second kappa shape index (κ2) is 9.12. The third kappa shape index (κ3) is 4.67. The molecule has 1 heterocycles. The summed E-state index contributed by atoms with van der Waals surface area (Å²) in [5.74, 6) is -0.875. The molecule has 176 valence electrons. The van der Waals surface area contributed by atoms with E-state index >= 15 is 0 Å². The molecule has 1 aliphatic heterocycles. The lowest BCUT2D eigenvalue weighted by atomic mass is 9.85. The SMILES string of the molecule is CC(C)(C)c1ccc(C(=O)C[C@@]2(O)C(=O)N(Cc3ccc(Cl)cc3Cl)c3ccc(Br)cc32)cc1. The van der Waals surface area contributed by atoms with E-state index < -0.39 is 11.5 Å². The minimum Gasteiger partial charge on any atom is -0.375 e. The van der Waals surface area contributed by atoms with Gasteiger partial charge in [0.15, 0.2) is 11.4 Å². The summed E-state index contributed by atoms with van der Waals surface area (Å²) in [5, 5.41) is 12.5. The Morgan fingerprint density at radius 3 is 2.32 bits per heavy atom. The van der Waals surface area contributed by atoms with Gasteiger partial charge in [0, 0.05) is 25.6 Å². The highest BCUT2D eigenvalue weighted by Gasteiger charge is 2.51. The van der Waals surface area contributed by atoms with Gasteiger partial charge in [0.25, 0.3) is 5.91 Å². The lowest BCUT2D eigenvalue weighted by Crippen LogP contribution is -2.41. The van der Waals surface area contributed by atoms with Gasteiger partial charge in [-0.1, -0.05) is 90.2 Å². The molecule has 0 aromatic heterocycles. The van der Waals surface area contributed by atoms with Gasteiger partial charge in [-0.05, 0) is 46.9 Å². The van der Waals surface area contributed by atoms with E-state index in [4.69, 9.17) is 23.2 Å². The van der Waals surface area contributed by atoms with Gasteiger partial charge in [0.05, 0.1) is 18.7 Å². The molecule has 0 radical (unpaired) electrons. The fourth-order valence-electron chi connectivity index (χ4n) is 4.16. The largest absolute Gasteiger partial charge is 0.375 e. The van der Waals surface area contributed by atoms with Crippen LogP contribution in [0, 0.1) is 0 Å². The van der Waals surface area contributed by atoms with Crippen LogP contribution in [0.15, 0.2) is 65.1 Å². The van der Waals surface area contributed by atoms with Crippen LogP contribution in [0.1, 0.15) is 54.2 Å². The first-order valence-corrected chi connectivity index (χ1v) is 12.4. The monoisotopic (exact) mass is 559 g/mol. The Hall–Kier alpha value is -2.18. The van der Waals surface area contributed by atoms with Crippen molar-refractivity contribution in [2.24, 2.45) is 0 Å². The summed E-state index contributed by atoms with van der Waals surface area (Å²) in [4.78, 5) is 28.2. The van der Waals surface area contributed by atoms with Crippen molar-refractivity contribution < 1.29 is 14.7 Å². The molecule has 0 fully saturated rings. The minimum absolute atomic E-state index is 0.0458. The van der Waals surface area contributed by atoms with E-state index in [-0.39, 0.29) is 24.2 Å². The van der Waals surface area contributed by atoms with E-state index in [9.17, 15) is 14.7 Å². The van der Waals surface area contributed by atoms with Gasteiger partial charge in [0.1, 0.15) is 0 Å². The van der Waals surface area contributed by atoms with Crippen LogP contribution < -0.4 is 4.90 Å². The fraction of sp³-hybridized carbons (Fsp3) is 0.259. The Labute approximate surface area is 217 Å². The van der Waals surface area contributed by atoms with Crippen LogP contribution >= 0.6 is 39.1 Å². The zero-order valence-electron chi connectivity index (χ0n) is 19.0. The van der Waals surface area contributed by atoms with Crippen LogP contribution in [-0.2, 0) is 22.4 Å². The maximum absolute atomic E-state index is 13.6. The number of fused-ring (bicyclic) bond motifs is 1. The number of anilines is 1. The molecule has 0 aliphatic carbocycles. The van der Waals surface area contributed by atoms with Gasteiger partial charge < -0.3 is 10.0 Å². The molecule has 0 saturated carbocycles. The van der Waals surface area contributed by atoms with Crippen molar-refractivity contribution in [2.75, 3.05) is 4.90 Å². The standard InChI is InChI=1S/C27H24BrCl2NO3/c1-26(2,3)18-7-4-16(5-8-18)24(32)14-27(34)21-12-19(28)9-11-23(21)31(25(27)33)15-17-6-10-20(29)13-22(17)30/h4-13,34H,14-15H2,1-3H3/t27-/m0/s1. The fourth-order valence-corrected chi connectivity index (χ4v) is 4.99. The topological polar surface area (TPSA) is 57.6 Å². The molecule has 0 unspecified atom stereocenters. The van der Waals surface area contributed by atoms with Gasteiger partial charge in [-0.2, -0.15) is 0 Å². The maximum atomic E-state index is 13.6. The number of benzene rings is 3. The molecule has 0 saturated heterocycles. The number of hydrogen-bond donors (Lipinski definition) is 1. The average molecular weight is 561 g/mol. The normalized spacial score (nSPS) is 17.7. The average Bonchev–Trinajstić information content (AvgIpc) is 2.96. The Bertz CT molecular complexity index is 1280.